The summed E-state index contributed by atoms with van der Waals surface area (Å²) >= 11 is 7.96. The Labute approximate surface area is 110 Å². The van der Waals surface area contributed by atoms with Crippen molar-refractivity contribution in [3.8, 4) is 11.1 Å². The van der Waals surface area contributed by atoms with Gasteiger partial charge < -0.3 is 0 Å². The highest BCUT2D eigenvalue weighted by molar-refractivity contribution is 14.1. The lowest BCUT2D eigenvalue weighted by molar-refractivity contribution is 0.584. The minimum absolute atomic E-state index is 0.490. The van der Waals surface area contributed by atoms with Crippen molar-refractivity contribution in [3.05, 3.63) is 56.6 Å². The smallest absolute Gasteiger partial charge is 0.126 e. The van der Waals surface area contributed by atoms with Gasteiger partial charge in [-0.15, -0.1) is 0 Å². The molecule has 0 aromatic heterocycles. The SMILES string of the molecule is Fc1cc(F)cc(-c2cc(Cl)ccc2I)c1. The van der Waals surface area contributed by atoms with Gasteiger partial charge in [-0.3, -0.25) is 0 Å². The Bertz CT molecular complexity index is 520. The highest BCUT2D eigenvalue weighted by atomic mass is 127. The van der Waals surface area contributed by atoms with E-state index in [2.05, 4.69) is 22.6 Å². The summed E-state index contributed by atoms with van der Waals surface area (Å²) in [6, 6.07) is 8.66. The topological polar surface area (TPSA) is 0 Å². The van der Waals surface area contributed by atoms with Crippen LogP contribution in [0.25, 0.3) is 11.1 Å². The molecular formula is C12H6ClF2I. The molecule has 0 radical (unpaired) electrons. The van der Waals surface area contributed by atoms with E-state index in [1.807, 2.05) is 0 Å². The van der Waals surface area contributed by atoms with E-state index in [1.165, 1.54) is 12.1 Å². The van der Waals surface area contributed by atoms with Crippen LogP contribution >= 0.6 is 34.2 Å². The Morgan fingerprint density at radius 2 is 1.56 bits per heavy atom. The van der Waals surface area contributed by atoms with E-state index in [-0.39, 0.29) is 0 Å². The van der Waals surface area contributed by atoms with Crippen LogP contribution in [0.1, 0.15) is 0 Å². The van der Waals surface area contributed by atoms with E-state index in [4.69, 9.17) is 11.6 Å². The molecule has 0 aliphatic rings. The van der Waals surface area contributed by atoms with Crippen molar-refractivity contribution in [1.82, 2.24) is 0 Å². The van der Waals surface area contributed by atoms with Gasteiger partial charge >= 0.3 is 0 Å². The second-order valence-corrected chi connectivity index (χ2v) is 4.88. The third-order valence-electron chi connectivity index (χ3n) is 2.10. The van der Waals surface area contributed by atoms with E-state index in [1.54, 1.807) is 18.2 Å². The minimum atomic E-state index is -0.592. The third kappa shape index (κ3) is 2.52. The van der Waals surface area contributed by atoms with Crippen molar-refractivity contribution in [2.75, 3.05) is 0 Å². The van der Waals surface area contributed by atoms with Gasteiger partial charge in [0.25, 0.3) is 0 Å². The van der Waals surface area contributed by atoms with Crippen molar-refractivity contribution in [2.24, 2.45) is 0 Å². The van der Waals surface area contributed by atoms with Crippen LogP contribution in [-0.2, 0) is 0 Å². The van der Waals surface area contributed by atoms with Crippen molar-refractivity contribution < 1.29 is 8.78 Å². The first kappa shape index (κ1) is 11.8. The zero-order valence-corrected chi connectivity index (χ0v) is 10.9. The third-order valence-corrected chi connectivity index (χ3v) is 3.28. The number of benzene rings is 2. The van der Waals surface area contributed by atoms with Gasteiger partial charge in [-0.05, 0) is 64.0 Å². The summed E-state index contributed by atoms with van der Waals surface area (Å²) in [5.41, 5.74) is 1.22. The van der Waals surface area contributed by atoms with Crippen LogP contribution in [0.4, 0.5) is 8.78 Å². The molecule has 2 aromatic rings. The largest absolute Gasteiger partial charge is 0.207 e. The molecule has 0 amide bonds. The molecule has 0 aliphatic carbocycles. The fraction of sp³-hybridized carbons (Fsp3) is 0. The molecule has 0 aliphatic heterocycles. The summed E-state index contributed by atoms with van der Waals surface area (Å²) in [5, 5.41) is 0.542. The highest BCUT2D eigenvalue weighted by Gasteiger charge is 2.07. The van der Waals surface area contributed by atoms with Crippen LogP contribution in [0.15, 0.2) is 36.4 Å². The molecule has 0 N–H and O–H groups in total. The molecular weight excluding hydrogens is 344 g/mol. The fourth-order valence-corrected chi connectivity index (χ4v) is 2.25. The maximum Gasteiger partial charge on any atom is 0.126 e. The molecule has 2 rings (SSSR count). The van der Waals surface area contributed by atoms with Crippen LogP contribution in [0, 0.1) is 15.2 Å². The first-order valence-electron chi connectivity index (χ1n) is 4.48. The molecule has 0 saturated carbocycles. The molecule has 4 heteroatoms. The fourth-order valence-electron chi connectivity index (χ4n) is 1.43. The molecule has 0 fully saturated rings. The Morgan fingerprint density at radius 3 is 2.19 bits per heavy atom. The Balaban J connectivity index is 2.62. The average Bonchev–Trinajstić information content (AvgIpc) is 2.20. The van der Waals surface area contributed by atoms with Gasteiger partial charge in [-0.2, -0.15) is 0 Å². The normalized spacial score (nSPS) is 10.5. The van der Waals surface area contributed by atoms with Gasteiger partial charge in [0.1, 0.15) is 11.6 Å². The van der Waals surface area contributed by atoms with Crippen LogP contribution < -0.4 is 0 Å². The summed E-state index contributed by atoms with van der Waals surface area (Å²) in [7, 11) is 0. The molecule has 2 aromatic carbocycles. The van der Waals surface area contributed by atoms with Gasteiger partial charge in [0.2, 0.25) is 0 Å². The first-order chi connectivity index (χ1) is 7.56. The summed E-state index contributed by atoms with van der Waals surface area (Å²) in [6.45, 7) is 0. The standard InChI is InChI=1S/C12H6ClF2I/c13-8-1-2-12(16)11(5-8)7-3-9(14)6-10(15)4-7/h1-6H. The van der Waals surface area contributed by atoms with E-state index in [0.717, 1.165) is 15.2 Å². The monoisotopic (exact) mass is 350 g/mol. The zero-order chi connectivity index (χ0) is 11.7. The molecule has 16 heavy (non-hydrogen) atoms. The molecule has 0 atom stereocenters. The van der Waals surface area contributed by atoms with Crippen molar-refractivity contribution in [2.45, 2.75) is 0 Å². The Hall–Kier alpha value is -0.680. The van der Waals surface area contributed by atoms with E-state index >= 15 is 0 Å². The van der Waals surface area contributed by atoms with Gasteiger partial charge in [0.15, 0.2) is 0 Å². The van der Waals surface area contributed by atoms with Crippen molar-refractivity contribution >= 4 is 34.2 Å². The molecule has 0 spiro atoms. The van der Waals surface area contributed by atoms with Crippen LogP contribution in [0.3, 0.4) is 0 Å². The molecule has 0 heterocycles. The second-order valence-electron chi connectivity index (χ2n) is 3.28. The second kappa shape index (κ2) is 4.67. The Morgan fingerprint density at radius 1 is 0.938 bits per heavy atom. The quantitative estimate of drug-likeness (QED) is 0.642. The van der Waals surface area contributed by atoms with Crippen molar-refractivity contribution in [1.29, 1.82) is 0 Å². The van der Waals surface area contributed by atoms with Gasteiger partial charge in [0.05, 0.1) is 0 Å². The van der Waals surface area contributed by atoms with E-state index in [0.29, 0.717) is 10.6 Å². The summed E-state index contributed by atoms with van der Waals surface area (Å²) < 4.78 is 27.0. The van der Waals surface area contributed by atoms with E-state index in [9.17, 15) is 8.78 Å². The molecule has 0 bridgehead atoms. The lowest BCUT2D eigenvalue weighted by Gasteiger charge is -2.06. The maximum atomic E-state index is 13.1. The molecule has 82 valence electrons. The molecule has 0 saturated heterocycles. The van der Waals surface area contributed by atoms with Crippen LogP contribution in [-0.4, -0.2) is 0 Å². The van der Waals surface area contributed by atoms with Gasteiger partial charge in [-0.25, -0.2) is 8.78 Å². The minimum Gasteiger partial charge on any atom is -0.207 e. The average molecular weight is 351 g/mol. The molecule has 0 nitrogen and oxygen atoms in total. The Kier molecular flexibility index (Phi) is 3.44. The lowest BCUT2D eigenvalue weighted by Crippen LogP contribution is -1.87. The van der Waals surface area contributed by atoms with Gasteiger partial charge in [-0.1, -0.05) is 11.6 Å². The maximum absolute atomic E-state index is 13.1. The first-order valence-corrected chi connectivity index (χ1v) is 5.93. The van der Waals surface area contributed by atoms with E-state index < -0.39 is 11.6 Å². The summed E-state index contributed by atoms with van der Waals surface area (Å²) in [5.74, 6) is -1.18. The summed E-state index contributed by atoms with van der Waals surface area (Å²) in [6.07, 6.45) is 0. The number of rotatable bonds is 1. The number of halogens is 4. The van der Waals surface area contributed by atoms with Gasteiger partial charge in [0, 0.05) is 14.7 Å². The molecule has 0 unspecified atom stereocenters. The lowest BCUT2D eigenvalue weighted by atomic mass is 10.1. The number of hydrogen-bond donors (Lipinski definition) is 0. The predicted octanol–water partition coefficient (Wildman–Crippen LogP) is 4.89. The van der Waals surface area contributed by atoms with Crippen LogP contribution in [0.5, 0.6) is 0 Å². The summed E-state index contributed by atoms with van der Waals surface area (Å²) in [4.78, 5) is 0. The van der Waals surface area contributed by atoms with Crippen LogP contribution in [0.2, 0.25) is 5.02 Å². The predicted molar refractivity (Wildman–Crippen MR) is 69.5 cm³/mol. The zero-order valence-electron chi connectivity index (χ0n) is 7.98. The van der Waals surface area contributed by atoms with Crippen molar-refractivity contribution in [3.63, 3.8) is 0 Å². The highest BCUT2D eigenvalue weighted by Crippen LogP contribution is 2.29. The number of hydrogen-bond acceptors (Lipinski definition) is 0.